The maximum Gasteiger partial charge on any atom is 0.270 e. The summed E-state index contributed by atoms with van der Waals surface area (Å²) in [6.45, 7) is 1.25. The molecular weight excluding hydrogens is 404 g/mol. The first-order chi connectivity index (χ1) is 14.4. The number of ether oxygens (including phenoxy) is 2. The van der Waals surface area contributed by atoms with Crippen molar-refractivity contribution in [2.24, 2.45) is 0 Å². The molecule has 0 aliphatic heterocycles. The summed E-state index contributed by atoms with van der Waals surface area (Å²) in [7, 11) is 7.09. The number of halogens is 1. The predicted molar refractivity (Wildman–Crippen MR) is 118 cm³/mol. The Bertz CT molecular complexity index is 1030. The Morgan fingerprint density at radius 1 is 1.13 bits per heavy atom. The molecule has 30 heavy (non-hydrogen) atoms. The van der Waals surface area contributed by atoms with Crippen LogP contribution in [0.15, 0.2) is 48.5 Å². The zero-order valence-electron chi connectivity index (χ0n) is 17.5. The number of nitrogens with zero attached hydrogens (tertiary/aromatic N) is 3. The van der Waals surface area contributed by atoms with E-state index in [9.17, 15) is 4.79 Å². The Labute approximate surface area is 181 Å². The summed E-state index contributed by atoms with van der Waals surface area (Å²) in [4.78, 5) is 14.9. The smallest absolute Gasteiger partial charge is 0.270 e. The molecular formula is C22H25ClN4O3. The zero-order chi connectivity index (χ0) is 21.7. The minimum absolute atomic E-state index is 0.219. The summed E-state index contributed by atoms with van der Waals surface area (Å²) >= 11 is 6.17. The van der Waals surface area contributed by atoms with Gasteiger partial charge >= 0.3 is 0 Å². The summed E-state index contributed by atoms with van der Waals surface area (Å²) < 4.78 is 12.4. The number of benzene rings is 2. The van der Waals surface area contributed by atoms with E-state index < -0.39 is 0 Å². The van der Waals surface area contributed by atoms with Crippen LogP contribution in [0.5, 0.6) is 11.5 Å². The average Bonchev–Trinajstić information content (AvgIpc) is 3.18. The van der Waals surface area contributed by atoms with Gasteiger partial charge in [0.15, 0.2) is 0 Å². The first-order valence-electron chi connectivity index (χ1n) is 9.44. The predicted octanol–water partition coefficient (Wildman–Crippen LogP) is 3.50. The van der Waals surface area contributed by atoms with Crippen LogP contribution in [0.1, 0.15) is 10.5 Å². The van der Waals surface area contributed by atoms with E-state index in [0.29, 0.717) is 40.1 Å². The topological polar surface area (TPSA) is 68.6 Å². The number of nitrogens with one attached hydrogen (secondary N) is 1. The Balaban J connectivity index is 2.05. The minimum Gasteiger partial charge on any atom is -0.497 e. The van der Waals surface area contributed by atoms with Crippen LogP contribution in [-0.2, 0) is 0 Å². The summed E-state index contributed by atoms with van der Waals surface area (Å²) in [6.07, 6.45) is 0. The van der Waals surface area contributed by atoms with E-state index >= 15 is 0 Å². The largest absolute Gasteiger partial charge is 0.497 e. The van der Waals surface area contributed by atoms with Crippen LogP contribution in [0.25, 0.3) is 16.9 Å². The quantitative estimate of drug-likeness (QED) is 0.594. The molecule has 0 atom stereocenters. The molecule has 0 radical (unpaired) electrons. The molecule has 158 valence electrons. The average molecular weight is 429 g/mol. The molecule has 0 saturated heterocycles. The van der Waals surface area contributed by atoms with E-state index in [2.05, 4.69) is 10.4 Å². The van der Waals surface area contributed by atoms with E-state index in [1.165, 1.54) is 0 Å². The molecule has 3 rings (SSSR count). The van der Waals surface area contributed by atoms with Crippen molar-refractivity contribution in [1.29, 1.82) is 0 Å². The molecule has 7 nitrogen and oxygen atoms in total. The van der Waals surface area contributed by atoms with Gasteiger partial charge in [-0.05, 0) is 50.5 Å². The fraction of sp³-hybridized carbons (Fsp3) is 0.273. The van der Waals surface area contributed by atoms with Crippen molar-refractivity contribution in [3.8, 4) is 28.4 Å². The molecule has 2 aromatic carbocycles. The van der Waals surface area contributed by atoms with Crippen molar-refractivity contribution in [2.45, 2.75) is 0 Å². The molecule has 0 spiro atoms. The van der Waals surface area contributed by atoms with Gasteiger partial charge in [0.05, 0.1) is 25.6 Å². The van der Waals surface area contributed by atoms with Gasteiger partial charge in [-0.3, -0.25) is 4.79 Å². The number of carbonyl (C=O) groups excluding carboxylic acids is 1. The molecule has 3 aromatic rings. The van der Waals surface area contributed by atoms with Gasteiger partial charge in [0.1, 0.15) is 17.2 Å². The standard InChI is InChI=1S/C22H25ClN4O3/c1-26(2)11-10-24-22(28)20-14-19(18-9-8-17(29-3)13-21(18)30-4)25-27(20)16-7-5-6-15(23)12-16/h5-9,12-14H,10-11H2,1-4H3,(H,24,28). The van der Waals surface area contributed by atoms with E-state index in [4.69, 9.17) is 21.1 Å². The highest BCUT2D eigenvalue weighted by Crippen LogP contribution is 2.33. The van der Waals surface area contributed by atoms with Gasteiger partial charge in [0.25, 0.3) is 5.91 Å². The van der Waals surface area contributed by atoms with Gasteiger partial charge in [-0.25, -0.2) is 4.68 Å². The van der Waals surface area contributed by atoms with E-state index in [0.717, 1.165) is 12.1 Å². The third kappa shape index (κ3) is 4.93. The first-order valence-corrected chi connectivity index (χ1v) is 9.82. The van der Waals surface area contributed by atoms with Gasteiger partial charge in [-0.15, -0.1) is 0 Å². The number of aromatic nitrogens is 2. The van der Waals surface area contributed by atoms with Crippen LogP contribution >= 0.6 is 11.6 Å². The van der Waals surface area contributed by atoms with Crippen LogP contribution in [0.3, 0.4) is 0 Å². The molecule has 1 N–H and O–H groups in total. The normalized spacial score (nSPS) is 10.9. The number of hydrogen-bond donors (Lipinski definition) is 1. The third-order valence-electron chi connectivity index (χ3n) is 4.52. The summed E-state index contributed by atoms with van der Waals surface area (Å²) in [6, 6.07) is 14.4. The molecule has 1 aromatic heterocycles. The lowest BCUT2D eigenvalue weighted by molar-refractivity contribution is 0.0943. The monoisotopic (exact) mass is 428 g/mol. The molecule has 0 aliphatic rings. The Morgan fingerprint density at radius 2 is 1.93 bits per heavy atom. The van der Waals surface area contributed by atoms with Crippen LogP contribution in [-0.4, -0.2) is 62.0 Å². The highest BCUT2D eigenvalue weighted by molar-refractivity contribution is 6.30. The lowest BCUT2D eigenvalue weighted by Gasteiger charge is -2.11. The van der Waals surface area contributed by atoms with Crippen molar-refractivity contribution in [3.63, 3.8) is 0 Å². The lowest BCUT2D eigenvalue weighted by Crippen LogP contribution is -2.32. The number of methoxy groups -OCH3 is 2. The zero-order valence-corrected chi connectivity index (χ0v) is 18.2. The maximum atomic E-state index is 12.9. The number of carbonyl (C=O) groups is 1. The maximum absolute atomic E-state index is 12.9. The van der Waals surface area contributed by atoms with Gasteiger partial charge in [-0.1, -0.05) is 17.7 Å². The second kappa shape index (κ2) is 9.65. The SMILES string of the molecule is COc1ccc(-c2cc(C(=O)NCCN(C)C)n(-c3cccc(Cl)c3)n2)c(OC)c1. The van der Waals surface area contributed by atoms with Crippen molar-refractivity contribution < 1.29 is 14.3 Å². The van der Waals surface area contributed by atoms with E-state index in [-0.39, 0.29) is 5.91 Å². The fourth-order valence-electron chi connectivity index (χ4n) is 2.97. The summed E-state index contributed by atoms with van der Waals surface area (Å²) in [5, 5.41) is 8.19. The molecule has 1 amide bonds. The molecule has 0 fully saturated rings. The van der Waals surface area contributed by atoms with Crippen molar-refractivity contribution in [2.75, 3.05) is 41.4 Å². The molecule has 0 aliphatic carbocycles. The van der Waals surface area contributed by atoms with E-state index in [1.54, 1.807) is 43.2 Å². The van der Waals surface area contributed by atoms with Gasteiger partial charge in [0, 0.05) is 29.7 Å². The highest BCUT2D eigenvalue weighted by atomic mass is 35.5. The molecule has 0 bridgehead atoms. The molecule has 0 saturated carbocycles. The molecule has 1 heterocycles. The number of likely N-dealkylation sites (N-methyl/N-ethyl adjacent to an activating group) is 1. The highest BCUT2D eigenvalue weighted by Gasteiger charge is 2.20. The molecule has 0 unspecified atom stereocenters. The van der Waals surface area contributed by atoms with Crippen LogP contribution in [0.2, 0.25) is 5.02 Å². The lowest BCUT2D eigenvalue weighted by atomic mass is 10.1. The summed E-state index contributed by atoms with van der Waals surface area (Å²) in [5.41, 5.74) is 2.46. The second-order valence-electron chi connectivity index (χ2n) is 6.93. The first kappa shape index (κ1) is 21.7. The summed E-state index contributed by atoms with van der Waals surface area (Å²) in [5.74, 6) is 1.05. The van der Waals surface area contributed by atoms with Gasteiger partial charge in [0.2, 0.25) is 0 Å². The Morgan fingerprint density at radius 3 is 2.60 bits per heavy atom. The Hall–Kier alpha value is -3.03. The van der Waals surface area contributed by atoms with Gasteiger partial charge < -0.3 is 19.7 Å². The van der Waals surface area contributed by atoms with Crippen molar-refractivity contribution >= 4 is 17.5 Å². The number of amides is 1. The Kier molecular flexibility index (Phi) is 6.97. The molecule has 8 heteroatoms. The van der Waals surface area contributed by atoms with Gasteiger partial charge in [-0.2, -0.15) is 5.10 Å². The van der Waals surface area contributed by atoms with Crippen molar-refractivity contribution in [1.82, 2.24) is 20.0 Å². The van der Waals surface area contributed by atoms with Crippen LogP contribution < -0.4 is 14.8 Å². The number of hydrogen-bond acceptors (Lipinski definition) is 5. The van der Waals surface area contributed by atoms with Crippen molar-refractivity contribution in [3.05, 3.63) is 59.2 Å². The second-order valence-corrected chi connectivity index (χ2v) is 7.37. The fourth-order valence-corrected chi connectivity index (χ4v) is 3.16. The van der Waals surface area contributed by atoms with Crippen LogP contribution in [0, 0.1) is 0 Å². The minimum atomic E-state index is -0.219. The third-order valence-corrected chi connectivity index (χ3v) is 4.76. The van der Waals surface area contributed by atoms with Crippen LogP contribution in [0.4, 0.5) is 0 Å². The van der Waals surface area contributed by atoms with E-state index in [1.807, 2.05) is 43.3 Å². The number of rotatable bonds is 8.